The molecule has 5 rings (SSSR count). The summed E-state index contributed by atoms with van der Waals surface area (Å²) in [5.74, 6) is 1.27. The molecule has 0 atom stereocenters. The Morgan fingerprint density at radius 2 is 1.82 bits per heavy atom. The second-order valence-corrected chi connectivity index (χ2v) is 14.1. The number of likely N-dealkylation sites (N-methyl/N-ethyl adjacent to an activating group) is 1. The first-order valence-corrected chi connectivity index (χ1v) is 17.5. The second-order valence-electron chi connectivity index (χ2n) is 14.1. The molecule has 1 saturated heterocycles. The molecule has 0 radical (unpaired) electrons. The Morgan fingerprint density at radius 3 is 2.52 bits per heavy atom. The lowest BCUT2D eigenvalue weighted by atomic mass is 10.0. The van der Waals surface area contributed by atoms with Crippen LogP contribution in [-0.2, 0) is 17.7 Å². The number of aromatic nitrogens is 3. The quantitative estimate of drug-likeness (QED) is 0.239. The monoisotopic (exact) mass is 691 g/mol. The number of benzene rings is 1. The Bertz CT molecular complexity index is 1640. The molecule has 2 aliphatic rings. The second kappa shape index (κ2) is 16.0. The standard InChI is InChI=1S/C37H50FN7O5/c1-8-45(25(2)3)35(46)28-21-26(38)9-10-31(28)49-33-22-39-24-41-34(33)44-17-12-27(13-18-44)48-32-11-15-40-30-14-16-43(23-29(30)32)20-19-42(7)36(47)50-37(4,5)6/h9-11,15,21-22,24-25,27H,8,12-14,16-20,23H2,1-7H3. The topological polar surface area (TPSA) is 113 Å². The van der Waals surface area contributed by atoms with Gasteiger partial charge in [0.05, 0.1) is 11.8 Å². The van der Waals surface area contributed by atoms with Gasteiger partial charge in [0.2, 0.25) is 0 Å². The van der Waals surface area contributed by atoms with Crippen molar-refractivity contribution < 1.29 is 28.2 Å². The van der Waals surface area contributed by atoms with Crippen LogP contribution in [0.3, 0.4) is 0 Å². The SMILES string of the molecule is CCN(C(=O)c1cc(F)ccc1Oc1cncnc1N1CCC(Oc2ccnc3c2CN(CCN(C)C(=O)OC(C)(C)C)CC3)CC1)C(C)C. The third kappa shape index (κ3) is 9.17. The molecule has 3 aromatic rings. The van der Waals surface area contributed by atoms with Gasteiger partial charge in [-0.15, -0.1) is 0 Å². The predicted molar refractivity (Wildman–Crippen MR) is 188 cm³/mol. The summed E-state index contributed by atoms with van der Waals surface area (Å²) in [6, 6.07) is 5.86. The third-order valence-electron chi connectivity index (χ3n) is 8.92. The van der Waals surface area contributed by atoms with Crippen molar-refractivity contribution in [3.8, 4) is 17.2 Å². The van der Waals surface area contributed by atoms with Gasteiger partial charge in [-0.2, -0.15) is 0 Å². The van der Waals surface area contributed by atoms with E-state index in [1.54, 1.807) is 23.0 Å². The Morgan fingerprint density at radius 1 is 1.06 bits per heavy atom. The molecular weight excluding hydrogens is 641 g/mol. The molecule has 2 aromatic heterocycles. The van der Waals surface area contributed by atoms with E-state index in [1.807, 2.05) is 53.8 Å². The highest BCUT2D eigenvalue weighted by atomic mass is 19.1. The van der Waals surface area contributed by atoms with E-state index in [0.29, 0.717) is 50.8 Å². The lowest BCUT2D eigenvalue weighted by molar-refractivity contribution is 0.0280. The fraction of sp³-hybridized carbons (Fsp3) is 0.541. The van der Waals surface area contributed by atoms with Gasteiger partial charge in [0, 0.05) is 95.6 Å². The molecule has 1 aromatic carbocycles. The van der Waals surface area contributed by atoms with Gasteiger partial charge in [-0.25, -0.2) is 19.2 Å². The van der Waals surface area contributed by atoms with Crippen molar-refractivity contribution in [3.63, 3.8) is 0 Å². The van der Waals surface area contributed by atoms with Crippen molar-refractivity contribution in [1.29, 1.82) is 0 Å². The van der Waals surface area contributed by atoms with Crippen molar-refractivity contribution in [2.75, 3.05) is 51.2 Å². The van der Waals surface area contributed by atoms with Crippen LogP contribution < -0.4 is 14.4 Å². The largest absolute Gasteiger partial charge is 0.490 e. The molecule has 0 bridgehead atoms. The van der Waals surface area contributed by atoms with Gasteiger partial charge in [0.15, 0.2) is 11.6 Å². The van der Waals surface area contributed by atoms with Gasteiger partial charge in [-0.1, -0.05) is 0 Å². The van der Waals surface area contributed by atoms with Crippen molar-refractivity contribution in [3.05, 3.63) is 65.6 Å². The first kappa shape index (κ1) is 36.8. The number of carbonyl (C=O) groups is 2. The zero-order valence-electron chi connectivity index (χ0n) is 30.3. The molecule has 50 heavy (non-hydrogen) atoms. The summed E-state index contributed by atoms with van der Waals surface area (Å²) < 4.78 is 32.7. The maximum absolute atomic E-state index is 14.3. The van der Waals surface area contributed by atoms with Crippen LogP contribution in [0.25, 0.3) is 0 Å². The molecule has 2 aliphatic heterocycles. The Labute approximate surface area is 294 Å². The minimum atomic E-state index is -0.534. The zero-order valence-corrected chi connectivity index (χ0v) is 30.3. The average molecular weight is 692 g/mol. The zero-order chi connectivity index (χ0) is 36.0. The molecule has 2 amide bonds. The Balaban J connectivity index is 1.21. The maximum atomic E-state index is 14.3. The van der Waals surface area contributed by atoms with Crippen LogP contribution in [0.1, 0.15) is 76.0 Å². The summed E-state index contributed by atoms with van der Waals surface area (Å²) in [6.07, 6.45) is 6.85. The number of fused-ring (bicyclic) bond motifs is 1. The highest BCUT2D eigenvalue weighted by molar-refractivity contribution is 5.97. The number of halogens is 1. The summed E-state index contributed by atoms with van der Waals surface area (Å²) in [5, 5.41) is 0. The summed E-state index contributed by atoms with van der Waals surface area (Å²) in [7, 11) is 1.76. The lowest BCUT2D eigenvalue weighted by Gasteiger charge is -2.35. The highest BCUT2D eigenvalue weighted by Crippen LogP contribution is 2.35. The van der Waals surface area contributed by atoms with E-state index >= 15 is 0 Å². The van der Waals surface area contributed by atoms with Gasteiger partial charge >= 0.3 is 6.09 Å². The van der Waals surface area contributed by atoms with E-state index in [2.05, 4.69) is 24.8 Å². The Kier molecular flexibility index (Phi) is 11.8. The molecule has 12 nitrogen and oxygen atoms in total. The van der Waals surface area contributed by atoms with Crippen LogP contribution in [0.2, 0.25) is 0 Å². The first-order valence-electron chi connectivity index (χ1n) is 17.5. The number of hydrogen-bond acceptors (Lipinski definition) is 10. The molecule has 4 heterocycles. The maximum Gasteiger partial charge on any atom is 0.410 e. The summed E-state index contributed by atoms with van der Waals surface area (Å²) >= 11 is 0. The van der Waals surface area contributed by atoms with Crippen LogP contribution in [0.5, 0.6) is 17.2 Å². The smallest absolute Gasteiger partial charge is 0.410 e. The average Bonchev–Trinajstić information content (AvgIpc) is 3.08. The van der Waals surface area contributed by atoms with Gasteiger partial charge in [0.1, 0.15) is 35.3 Å². The van der Waals surface area contributed by atoms with Crippen LogP contribution in [0, 0.1) is 5.82 Å². The molecule has 13 heteroatoms. The van der Waals surface area contributed by atoms with Crippen molar-refractivity contribution in [2.45, 2.75) is 85.1 Å². The fourth-order valence-electron chi connectivity index (χ4n) is 6.25. The van der Waals surface area contributed by atoms with E-state index in [4.69, 9.17) is 14.2 Å². The fourth-order valence-corrected chi connectivity index (χ4v) is 6.25. The number of pyridine rings is 1. The Hall–Kier alpha value is -4.52. The number of piperidine rings is 1. The van der Waals surface area contributed by atoms with Crippen molar-refractivity contribution >= 4 is 17.8 Å². The number of anilines is 1. The van der Waals surface area contributed by atoms with E-state index in [0.717, 1.165) is 42.8 Å². The van der Waals surface area contributed by atoms with E-state index in [9.17, 15) is 14.0 Å². The summed E-state index contributed by atoms with van der Waals surface area (Å²) in [6.45, 7) is 16.0. The number of nitrogens with zero attached hydrogens (tertiary/aromatic N) is 7. The number of rotatable bonds is 11. The van der Waals surface area contributed by atoms with E-state index in [1.165, 1.54) is 24.5 Å². The van der Waals surface area contributed by atoms with Crippen LogP contribution in [0.15, 0.2) is 43.0 Å². The number of ether oxygens (including phenoxy) is 3. The minimum Gasteiger partial charge on any atom is -0.490 e. The molecular formula is C37H50FN7O5. The van der Waals surface area contributed by atoms with Gasteiger partial charge in [-0.05, 0) is 65.8 Å². The third-order valence-corrected chi connectivity index (χ3v) is 8.92. The van der Waals surface area contributed by atoms with Crippen LogP contribution >= 0.6 is 0 Å². The van der Waals surface area contributed by atoms with Crippen LogP contribution in [-0.4, -0.2) is 106 Å². The molecule has 0 unspecified atom stereocenters. The lowest BCUT2D eigenvalue weighted by Crippen LogP contribution is -2.41. The molecule has 1 fully saturated rings. The van der Waals surface area contributed by atoms with Crippen LogP contribution in [0.4, 0.5) is 15.0 Å². The normalized spacial score (nSPS) is 15.4. The number of carbonyl (C=O) groups excluding carboxylic acids is 2. The van der Waals surface area contributed by atoms with Gasteiger partial charge in [0.25, 0.3) is 5.91 Å². The predicted octanol–water partition coefficient (Wildman–Crippen LogP) is 5.95. The van der Waals surface area contributed by atoms with Crippen molar-refractivity contribution in [1.82, 2.24) is 29.7 Å². The molecule has 0 spiro atoms. The van der Waals surface area contributed by atoms with Gasteiger partial charge < -0.3 is 28.9 Å². The van der Waals surface area contributed by atoms with Gasteiger partial charge in [-0.3, -0.25) is 14.7 Å². The first-order chi connectivity index (χ1) is 23.8. The minimum absolute atomic E-state index is 0.00461. The van der Waals surface area contributed by atoms with Crippen molar-refractivity contribution in [2.24, 2.45) is 0 Å². The number of hydrogen-bond donors (Lipinski definition) is 0. The molecule has 0 N–H and O–H groups in total. The molecule has 0 saturated carbocycles. The highest BCUT2D eigenvalue weighted by Gasteiger charge is 2.29. The summed E-state index contributed by atoms with van der Waals surface area (Å²) in [4.78, 5) is 46.9. The van der Waals surface area contributed by atoms with E-state index in [-0.39, 0.29) is 35.5 Å². The molecule has 270 valence electrons. The van der Waals surface area contributed by atoms with E-state index < -0.39 is 11.4 Å². The summed E-state index contributed by atoms with van der Waals surface area (Å²) in [5.41, 5.74) is 1.76. The number of amides is 2. The molecule has 0 aliphatic carbocycles.